The van der Waals surface area contributed by atoms with Crippen molar-refractivity contribution < 1.29 is 0 Å². The Labute approximate surface area is 129 Å². The van der Waals surface area contributed by atoms with E-state index < -0.39 is 0 Å². The molecule has 0 saturated carbocycles. The molecule has 2 heterocycles. The molecule has 0 radical (unpaired) electrons. The molecule has 0 amide bonds. The predicted octanol–water partition coefficient (Wildman–Crippen LogP) is 4.90. The van der Waals surface area contributed by atoms with Gasteiger partial charge in [-0.3, -0.25) is 4.40 Å². The number of aromatic nitrogens is 2. The van der Waals surface area contributed by atoms with Crippen LogP contribution < -0.4 is 0 Å². The average Bonchev–Trinajstić information content (AvgIpc) is 2.76. The summed E-state index contributed by atoms with van der Waals surface area (Å²) in [5.41, 5.74) is 5.64. The van der Waals surface area contributed by atoms with Crippen LogP contribution in [0.2, 0.25) is 0 Å². The number of pyridine rings is 1. The van der Waals surface area contributed by atoms with Gasteiger partial charge in [0.25, 0.3) is 0 Å². The number of hydrogen-bond acceptors (Lipinski definition) is 1. The molecule has 0 atom stereocenters. The number of nitrogens with zero attached hydrogens (tertiary/aromatic N) is 2. The number of hydrogen-bond donors (Lipinski definition) is 0. The number of rotatable bonds is 2. The summed E-state index contributed by atoms with van der Waals surface area (Å²) in [5, 5.41) is 0. The monoisotopic (exact) mass is 284 g/mol. The highest BCUT2D eigenvalue weighted by molar-refractivity contribution is 5.81. The molecule has 0 saturated heterocycles. The zero-order valence-corrected chi connectivity index (χ0v) is 12.2. The van der Waals surface area contributed by atoms with Crippen molar-refractivity contribution in [1.29, 1.82) is 0 Å². The fraction of sp³-hybridized carbons (Fsp3) is 0.0500. The lowest BCUT2D eigenvalue weighted by molar-refractivity contribution is 1.19. The molecule has 0 bridgehead atoms. The summed E-state index contributed by atoms with van der Waals surface area (Å²) in [6.07, 6.45) is 13.5. The van der Waals surface area contributed by atoms with E-state index in [9.17, 15) is 0 Å². The Hall–Kier alpha value is -2.87. The van der Waals surface area contributed by atoms with E-state index in [1.165, 1.54) is 11.1 Å². The molecule has 0 spiro atoms. The third-order valence-electron chi connectivity index (χ3n) is 3.87. The first-order valence-electron chi connectivity index (χ1n) is 7.49. The quantitative estimate of drug-likeness (QED) is 0.654. The highest BCUT2D eigenvalue weighted by atomic mass is 15.0. The van der Waals surface area contributed by atoms with Gasteiger partial charge in [0.05, 0.1) is 11.4 Å². The van der Waals surface area contributed by atoms with E-state index >= 15 is 0 Å². The van der Waals surface area contributed by atoms with Gasteiger partial charge >= 0.3 is 0 Å². The molecule has 4 rings (SSSR count). The van der Waals surface area contributed by atoms with Crippen LogP contribution in [0.1, 0.15) is 12.1 Å². The molecule has 2 aromatic heterocycles. The molecule has 1 aliphatic carbocycles. The summed E-state index contributed by atoms with van der Waals surface area (Å²) in [4.78, 5) is 4.88. The van der Waals surface area contributed by atoms with Crippen LogP contribution in [0.3, 0.4) is 0 Å². The van der Waals surface area contributed by atoms with E-state index in [-0.39, 0.29) is 0 Å². The standard InChI is InChI=1S/C20H16N2/c1-2-5-11-16(10-4-1)19-20(17-12-6-3-7-13-17)22-15-9-8-14-18(22)21-19/h1-10,12-15H,11H2. The molecule has 0 aliphatic heterocycles. The average molecular weight is 284 g/mol. The van der Waals surface area contributed by atoms with Gasteiger partial charge < -0.3 is 0 Å². The Bertz CT molecular complexity index is 896. The lowest BCUT2D eigenvalue weighted by Gasteiger charge is -2.07. The molecule has 22 heavy (non-hydrogen) atoms. The summed E-state index contributed by atoms with van der Waals surface area (Å²) < 4.78 is 2.17. The normalized spacial score (nSPS) is 14.1. The van der Waals surface area contributed by atoms with Gasteiger partial charge in [-0.2, -0.15) is 0 Å². The SMILES string of the molecule is C1=CC=C(c2nc3ccccn3c2-c2ccccc2)CC=C1. The van der Waals surface area contributed by atoms with Crippen molar-refractivity contribution in [3.05, 3.63) is 90.8 Å². The summed E-state index contributed by atoms with van der Waals surface area (Å²) in [7, 11) is 0. The van der Waals surface area contributed by atoms with Gasteiger partial charge in [-0.25, -0.2) is 4.98 Å². The van der Waals surface area contributed by atoms with Gasteiger partial charge in [0.2, 0.25) is 0 Å². The Kier molecular flexibility index (Phi) is 3.20. The van der Waals surface area contributed by atoms with Crippen molar-refractivity contribution in [3.63, 3.8) is 0 Å². The third-order valence-corrected chi connectivity index (χ3v) is 3.87. The molecule has 1 aromatic carbocycles. The van der Waals surface area contributed by atoms with E-state index in [2.05, 4.69) is 71.3 Å². The molecule has 2 heteroatoms. The maximum Gasteiger partial charge on any atom is 0.137 e. The molecule has 0 fully saturated rings. The lowest BCUT2D eigenvalue weighted by atomic mass is 10.0. The van der Waals surface area contributed by atoms with E-state index in [0.29, 0.717) is 0 Å². The van der Waals surface area contributed by atoms with E-state index in [4.69, 9.17) is 4.98 Å². The van der Waals surface area contributed by atoms with Crippen LogP contribution in [-0.4, -0.2) is 9.38 Å². The zero-order valence-electron chi connectivity index (χ0n) is 12.2. The first-order chi connectivity index (χ1) is 10.9. The van der Waals surface area contributed by atoms with Crippen molar-refractivity contribution in [2.75, 3.05) is 0 Å². The number of imidazole rings is 1. The maximum atomic E-state index is 4.88. The van der Waals surface area contributed by atoms with Gasteiger partial charge in [0.1, 0.15) is 5.65 Å². The van der Waals surface area contributed by atoms with Crippen LogP contribution in [0, 0.1) is 0 Å². The zero-order chi connectivity index (χ0) is 14.8. The van der Waals surface area contributed by atoms with E-state index in [1.807, 2.05) is 18.2 Å². The second-order valence-corrected chi connectivity index (χ2v) is 5.31. The van der Waals surface area contributed by atoms with Gasteiger partial charge in [0.15, 0.2) is 0 Å². The Balaban J connectivity index is 2.00. The second kappa shape index (κ2) is 5.49. The number of fused-ring (bicyclic) bond motifs is 1. The lowest BCUT2D eigenvalue weighted by Crippen LogP contribution is -1.91. The minimum Gasteiger partial charge on any atom is -0.299 e. The summed E-state index contributed by atoms with van der Waals surface area (Å²) in [6.45, 7) is 0. The van der Waals surface area contributed by atoms with Crippen molar-refractivity contribution in [3.8, 4) is 11.3 Å². The first-order valence-corrected chi connectivity index (χ1v) is 7.49. The molecule has 1 aliphatic rings. The van der Waals surface area contributed by atoms with Gasteiger partial charge in [-0.1, -0.05) is 66.8 Å². The highest BCUT2D eigenvalue weighted by Crippen LogP contribution is 2.32. The van der Waals surface area contributed by atoms with E-state index in [0.717, 1.165) is 23.5 Å². The number of allylic oxidation sites excluding steroid dienone is 6. The molecule has 0 N–H and O–H groups in total. The van der Waals surface area contributed by atoms with Crippen molar-refractivity contribution in [2.45, 2.75) is 6.42 Å². The number of benzene rings is 1. The van der Waals surface area contributed by atoms with Crippen LogP contribution in [0.15, 0.2) is 85.1 Å². The van der Waals surface area contributed by atoms with Crippen LogP contribution in [0.4, 0.5) is 0 Å². The Morgan fingerprint density at radius 1 is 0.864 bits per heavy atom. The van der Waals surface area contributed by atoms with Crippen LogP contribution in [0.5, 0.6) is 0 Å². The second-order valence-electron chi connectivity index (χ2n) is 5.31. The molecular formula is C20H16N2. The molecule has 106 valence electrons. The Morgan fingerprint density at radius 3 is 2.64 bits per heavy atom. The largest absolute Gasteiger partial charge is 0.299 e. The van der Waals surface area contributed by atoms with Crippen LogP contribution in [-0.2, 0) is 0 Å². The predicted molar refractivity (Wildman–Crippen MR) is 91.5 cm³/mol. The fourth-order valence-electron chi connectivity index (χ4n) is 2.84. The molecule has 2 nitrogen and oxygen atoms in total. The topological polar surface area (TPSA) is 17.3 Å². The highest BCUT2D eigenvalue weighted by Gasteiger charge is 2.16. The van der Waals surface area contributed by atoms with Gasteiger partial charge in [0, 0.05) is 11.8 Å². The summed E-state index contributed by atoms with van der Waals surface area (Å²) >= 11 is 0. The van der Waals surface area contributed by atoms with E-state index in [1.54, 1.807) is 0 Å². The molecular weight excluding hydrogens is 268 g/mol. The van der Waals surface area contributed by atoms with Gasteiger partial charge in [-0.05, 0) is 24.1 Å². The third kappa shape index (κ3) is 2.19. The molecule has 3 aromatic rings. The van der Waals surface area contributed by atoms with Crippen molar-refractivity contribution >= 4 is 11.2 Å². The Morgan fingerprint density at radius 2 is 1.73 bits per heavy atom. The van der Waals surface area contributed by atoms with Gasteiger partial charge in [-0.15, -0.1) is 0 Å². The van der Waals surface area contributed by atoms with Crippen LogP contribution in [0.25, 0.3) is 22.5 Å². The van der Waals surface area contributed by atoms with Crippen LogP contribution >= 0.6 is 0 Å². The van der Waals surface area contributed by atoms with Crippen molar-refractivity contribution in [1.82, 2.24) is 9.38 Å². The maximum absolute atomic E-state index is 4.88. The summed E-state index contributed by atoms with van der Waals surface area (Å²) in [6, 6.07) is 16.6. The minimum absolute atomic E-state index is 0.900. The van der Waals surface area contributed by atoms with Crippen molar-refractivity contribution in [2.24, 2.45) is 0 Å². The first kappa shape index (κ1) is 12.8. The minimum atomic E-state index is 0.900. The fourth-order valence-corrected chi connectivity index (χ4v) is 2.84. The summed E-state index contributed by atoms with van der Waals surface area (Å²) in [5.74, 6) is 0. The smallest absolute Gasteiger partial charge is 0.137 e. The molecule has 0 unspecified atom stereocenters.